The van der Waals surface area contributed by atoms with E-state index in [2.05, 4.69) is 20.2 Å². The molecule has 266 valence electrons. The number of ether oxygens (including phenoxy) is 3. The molecule has 3 aromatic heterocycles. The fourth-order valence-electron chi connectivity index (χ4n) is 6.33. The number of methoxy groups -OCH3 is 2. The molecule has 13 nitrogen and oxygen atoms in total. The SMILES string of the molecule is COc1cc(OC)c(F)c(-c2cc3cnc(Nc4ccc(N5CCOCC5)cn4)nc3n(C3CCN(C(O)/C=C/CN(C)C)CC3)c2=O)c1F. The van der Waals surface area contributed by atoms with E-state index in [1.54, 1.807) is 12.3 Å². The van der Waals surface area contributed by atoms with E-state index in [4.69, 9.17) is 19.2 Å². The van der Waals surface area contributed by atoms with E-state index in [1.807, 2.05) is 42.1 Å². The summed E-state index contributed by atoms with van der Waals surface area (Å²) in [4.78, 5) is 34.3. The van der Waals surface area contributed by atoms with Crippen molar-refractivity contribution >= 4 is 28.5 Å². The second kappa shape index (κ2) is 15.5. The zero-order valence-corrected chi connectivity index (χ0v) is 28.6. The maximum atomic E-state index is 15.8. The maximum Gasteiger partial charge on any atom is 0.260 e. The number of likely N-dealkylation sites (N-methyl/N-ethyl adjacent to an activating group) is 1. The topological polar surface area (TPSA) is 130 Å². The molecule has 2 aliphatic heterocycles. The average Bonchev–Trinajstić information content (AvgIpc) is 3.13. The highest BCUT2D eigenvalue weighted by molar-refractivity contribution is 5.83. The summed E-state index contributed by atoms with van der Waals surface area (Å²) in [5.74, 6) is -1.88. The number of benzene rings is 1. The van der Waals surface area contributed by atoms with Crippen molar-refractivity contribution in [1.29, 1.82) is 0 Å². The zero-order chi connectivity index (χ0) is 35.4. The number of aliphatic hydroxyl groups excluding tert-OH is 1. The first-order valence-electron chi connectivity index (χ1n) is 16.5. The van der Waals surface area contributed by atoms with Crippen molar-refractivity contribution in [3.63, 3.8) is 0 Å². The van der Waals surface area contributed by atoms with Crippen LogP contribution >= 0.6 is 0 Å². The minimum atomic E-state index is -1.03. The predicted molar refractivity (Wildman–Crippen MR) is 186 cm³/mol. The first-order valence-corrected chi connectivity index (χ1v) is 16.5. The van der Waals surface area contributed by atoms with E-state index in [0.29, 0.717) is 62.5 Å². The van der Waals surface area contributed by atoms with E-state index >= 15 is 8.78 Å². The summed E-state index contributed by atoms with van der Waals surface area (Å²) in [6.07, 6.45) is 7.08. The number of nitrogens with zero attached hydrogens (tertiary/aromatic N) is 7. The fourth-order valence-corrected chi connectivity index (χ4v) is 6.33. The Bertz CT molecular complexity index is 1860. The van der Waals surface area contributed by atoms with Crippen molar-refractivity contribution in [3.8, 4) is 22.6 Å². The van der Waals surface area contributed by atoms with Gasteiger partial charge in [-0.1, -0.05) is 6.08 Å². The first-order chi connectivity index (χ1) is 24.2. The minimum absolute atomic E-state index is 0.198. The number of fused-ring (bicyclic) bond motifs is 1. The normalized spacial score (nSPS) is 16.8. The summed E-state index contributed by atoms with van der Waals surface area (Å²) in [5.41, 5.74) is -0.149. The van der Waals surface area contributed by atoms with Crippen molar-refractivity contribution in [2.24, 2.45) is 0 Å². The summed E-state index contributed by atoms with van der Waals surface area (Å²) >= 11 is 0. The Balaban J connectivity index is 1.38. The third-order valence-corrected chi connectivity index (χ3v) is 9.00. The van der Waals surface area contributed by atoms with Crippen LogP contribution in [-0.4, -0.2) is 115 Å². The Morgan fingerprint density at radius 3 is 2.36 bits per heavy atom. The number of morpholine rings is 1. The average molecular weight is 693 g/mol. The monoisotopic (exact) mass is 692 g/mol. The molecule has 50 heavy (non-hydrogen) atoms. The number of aliphatic hydroxyl groups is 1. The molecule has 0 amide bonds. The molecule has 0 radical (unpaired) electrons. The Kier molecular flexibility index (Phi) is 10.9. The summed E-state index contributed by atoms with van der Waals surface area (Å²) in [5, 5.41) is 14.3. The van der Waals surface area contributed by atoms with Gasteiger partial charge in [0, 0.05) is 56.4 Å². The standard InChI is InChI=1S/C35H42F2N8O5/c1-42(2)11-5-6-29(46)44-12-9-23(10-13-44)45-33-22(18-25(34(45)47)30-31(36)26(48-3)19-27(49-4)32(30)37)20-39-35(41-33)40-28-8-7-24(21-38-28)43-14-16-50-17-15-43/h5-8,18-21,23,29,46H,9-17H2,1-4H3,(H,38,39,40,41)/b6-5+. The van der Waals surface area contributed by atoms with Crippen LogP contribution in [0.15, 0.2) is 53.6 Å². The molecule has 2 aliphatic rings. The lowest BCUT2D eigenvalue weighted by molar-refractivity contribution is 0.0183. The van der Waals surface area contributed by atoms with Gasteiger partial charge in [-0.25, -0.2) is 18.7 Å². The molecule has 2 N–H and O–H groups in total. The number of aromatic nitrogens is 4. The molecule has 0 bridgehead atoms. The predicted octanol–water partition coefficient (Wildman–Crippen LogP) is 3.80. The fraction of sp³-hybridized carbons (Fsp3) is 0.429. The molecule has 6 rings (SSSR count). The van der Waals surface area contributed by atoms with Crippen LogP contribution < -0.4 is 25.2 Å². The molecule has 2 fully saturated rings. The van der Waals surface area contributed by atoms with E-state index < -0.39 is 35.0 Å². The van der Waals surface area contributed by atoms with Gasteiger partial charge in [-0.05, 0) is 51.2 Å². The Labute approximate surface area is 288 Å². The lowest BCUT2D eigenvalue weighted by Gasteiger charge is -2.35. The molecule has 0 saturated carbocycles. The molecule has 1 unspecified atom stereocenters. The molecule has 0 aliphatic carbocycles. The van der Waals surface area contributed by atoms with Gasteiger partial charge >= 0.3 is 0 Å². The molecule has 1 atom stereocenters. The molecule has 2 saturated heterocycles. The molecular formula is C35H42F2N8O5. The number of nitrogens with one attached hydrogen (secondary N) is 1. The Morgan fingerprint density at radius 1 is 1.04 bits per heavy atom. The van der Waals surface area contributed by atoms with Gasteiger partial charge in [0.2, 0.25) is 5.95 Å². The minimum Gasteiger partial charge on any atom is -0.494 e. The van der Waals surface area contributed by atoms with Crippen molar-refractivity contribution in [3.05, 3.63) is 70.8 Å². The third-order valence-electron chi connectivity index (χ3n) is 9.00. The van der Waals surface area contributed by atoms with Crippen LogP contribution in [0.3, 0.4) is 0 Å². The van der Waals surface area contributed by atoms with Gasteiger partial charge in [0.25, 0.3) is 5.56 Å². The molecule has 0 spiro atoms. The second-order valence-electron chi connectivity index (χ2n) is 12.5. The van der Waals surface area contributed by atoms with Crippen molar-refractivity contribution in [1.82, 2.24) is 29.3 Å². The Hall–Kier alpha value is -4.70. The van der Waals surface area contributed by atoms with Gasteiger partial charge in [-0.2, -0.15) is 4.98 Å². The summed E-state index contributed by atoms with van der Waals surface area (Å²) < 4.78 is 48.8. The number of anilines is 3. The van der Waals surface area contributed by atoms with Gasteiger partial charge in [0.15, 0.2) is 23.1 Å². The van der Waals surface area contributed by atoms with Crippen LogP contribution in [0.1, 0.15) is 18.9 Å². The maximum absolute atomic E-state index is 15.8. The molecule has 15 heteroatoms. The highest BCUT2D eigenvalue weighted by Crippen LogP contribution is 2.38. The van der Waals surface area contributed by atoms with Crippen molar-refractivity contribution < 1.29 is 28.1 Å². The first kappa shape index (κ1) is 35.1. The summed E-state index contributed by atoms with van der Waals surface area (Å²) in [7, 11) is 6.40. The number of hydrogen-bond acceptors (Lipinski definition) is 12. The molecule has 4 aromatic rings. The number of rotatable bonds is 11. The summed E-state index contributed by atoms with van der Waals surface area (Å²) in [6, 6.07) is 5.87. The second-order valence-corrected chi connectivity index (χ2v) is 12.5. The smallest absolute Gasteiger partial charge is 0.260 e. The lowest BCUT2D eigenvalue weighted by atomic mass is 10.0. The van der Waals surface area contributed by atoms with Crippen LogP contribution in [0.4, 0.5) is 26.2 Å². The molecule has 1 aromatic carbocycles. The quantitative estimate of drug-likeness (QED) is 0.222. The van der Waals surface area contributed by atoms with Gasteiger partial charge in [-0.15, -0.1) is 0 Å². The Morgan fingerprint density at radius 2 is 1.74 bits per heavy atom. The largest absolute Gasteiger partial charge is 0.494 e. The van der Waals surface area contributed by atoms with Crippen LogP contribution in [0, 0.1) is 11.6 Å². The molecular weight excluding hydrogens is 650 g/mol. The number of halogens is 2. The van der Waals surface area contributed by atoms with E-state index in [-0.39, 0.29) is 23.0 Å². The van der Waals surface area contributed by atoms with E-state index in [0.717, 1.165) is 24.8 Å². The van der Waals surface area contributed by atoms with Gasteiger partial charge in [0.05, 0.1) is 50.4 Å². The third kappa shape index (κ3) is 7.40. The number of pyridine rings is 2. The van der Waals surface area contributed by atoms with E-state index in [9.17, 15) is 9.90 Å². The number of likely N-dealkylation sites (tertiary alicyclic amines) is 1. The van der Waals surface area contributed by atoms with Crippen LogP contribution in [0.2, 0.25) is 0 Å². The lowest BCUT2D eigenvalue weighted by Crippen LogP contribution is -2.42. The van der Waals surface area contributed by atoms with Crippen LogP contribution in [0.25, 0.3) is 22.2 Å². The number of piperidine rings is 1. The van der Waals surface area contributed by atoms with Crippen LogP contribution in [-0.2, 0) is 4.74 Å². The van der Waals surface area contributed by atoms with Gasteiger partial charge in [0.1, 0.15) is 17.7 Å². The number of hydrogen-bond donors (Lipinski definition) is 2. The van der Waals surface area contributed by atoms with Crippen molar-refractivity contribution in [2.45, 2.75) is 25.1 Å². The van der Waals surface area contributed by atoms with Gasteiger partial charge in [-0.3, -0.25) is 14.3 Å². The van der Waals surface area contributed by atoms with Gasteiger partial charge < -0.3 is 34.4 Å². The van der Waals surface area contributed by atoms with E-state index in [1.165, 1.54) is 31.0 Å². The molecule has 5 heterocycles. The highest BCUT2D eigenvalue weighted by Gasteiger charge is 2.30. The van der Waals surface area contributed by atoms with Crippen molar-refractivity contribution in [2.75, 3.05) is 84.5 Å². The summed E-state index contributed by atoms with van der Waals surface area (Å²) in [6.45, 7) is 4.52. The zero-order valence-electron chi connectivity index (χ0n) is 28.6. The van der Waals surface area contributed by atoms with Crippen LogP contribution in [0.5, 0.6) is 11.5 Å². The highest BCUT2D eigenvalue weighted by atomic mass is 19.1.